The number of pyridine rings is 1. The zero-order valence-electron chi connectivity index (χ0n) is 18.1. The van der Waals surface area contributed by atoms with E-state index in [1.54, 1.807) is 35.5 Å². The minimum Gasteiger partial charge on any atom is -0.271 e. The third kappa shape index (κ3) is 3.43. The van der Waals surface area contributed by atoms with E-state index in [0.717, 1.165) is 51.2 Å². The first-order chi connectivity index (χ1) is 15.5. The van der Waals surface area contributed by atoms with Crippen LogP contribution in [-0.2, 0) is 19.9 Å². The van der Waals surface area contributed by atoms with Gasteiger partial charge in [-0.2, -0.15) is 10.2 Å². The Bertz CT molecular complexity index is 1420. The van der Waals surface area contributed by atoms with Crippen LogP contribution in [0, 0.1) is 12.7 Å². The summed E-state index contributed by atoms with van der Waals surface area (Å²) in [5, 5.41) is 10.4. The summed E-state index contributed by atoms with van der Waals surface area (Å²) in [6.45, 7) is 4.08. The highest BCUT2D eigenvalue weighted by atomic mass is 19.1. The van der Waals surface area contributed by atoms with Crippen LogP contribution in [-0.4, -0.2) is 34.5 Å². The van der Waals surface area contributed by atoms with Crippen LogP contribution in [0.4, 0.5) is 4.39 Å². The highest BCUT2D eigenvalue weighted by Gasteiger charge is 2.18. The lowest BCUT2D eigenvalue weighted by atomic mass is 10.0. The Hall–Kier alpha value is -3.94. The van der Waals surface area contributed by atoms with Crippen molar-refractivity contribution in [2.75, 3.05) is 0 Å². The maximum Gasteiger partial charge on any atom is 0.157 e. The number of halogens is 1. The number of aromatic nitrogens is 7. The Kier molecular flexibility index (Phi) is 4.97. The largest absolute Gasteiger partial charge is 0.271 e. The van der Waals surface area contributed by atoms with Crippen molar-refractivity contribution < 1.29 is 4.39 Å². The summed E-state index contributed by atoms with van der Waals surface area (Å²) in [4.78, 5) is 13.2. The predicted octanol–water partition coefficient (Wildman–Crippen LogP) is 4.21. The van der Waals surface area contributed by atoms with Crippen LogP contribution in [0.5, 0.6) is 0 Å². The first kappa shape index (κ1) is 20.0. The standard InChI is InChI=1S/C24H22FN7/c1-4-19-21(31(3)30-24(19)16-5-7-17(25)8-6-16)11-18-12-23(28-14-27-18)32-22-13-26-10-9-20(22)15(2)29-32/h5-10,12-14H,4,11H2,1-3H3. The van der Waals surface area contributed by atoms with Crippen LogP contribution in [0.15, 0.2) is 55.1 Å². The molecule has 0 aliphatic carbocycles. The van der Waals surface area contributed by atoms with E-state index in [1.165, 1.54) is 12.1 Å². The Morgan fingerprint density at radius 2 is 1.84 bits per heavy atom. The molecule has 0 spiro atoms. The number of fused-ring (bicyclic) bond motifs is 1. The van der Waals surface area contributed by atoms with Crippen molar-refractivity contribution in [3.8, 4) is 17.1 Å². The van der Waals surface area contributed by atoms with E-state index in [1.807, 2.05) is 30.8 Å². The van der Waals surface area contributed by atoms with Crippen LogP contribution in [0.25, 0.3) is 28.0 Å². The molecule has 0 radical (unpaired) electrons. The molecule has 1 aromatic carbocycles. The first-order valence-corrected chi connectivity index (χ1v) is 10.5. The van der Waals surface area contributed by atoms with Gasteiger partial charge in [-0.3, -0.25) is 9.67 Å². The fourth-order valence-electron chi connectivity index (χ4n) is 4.10. The smallest absolute Gasteiger partial charge is 0.157 e. The third-order valence-corrected chi connectivity index (χ3v) is 5.69. The molecular formula is C24H22FN7. The predicted molar refractivity (Wildman–Crippen MR) is 120 cm³/mol. The fraction of sp³-hybridized carbons (Fsp3) is 0.208. The second kappa shape index (κ2) is 7.96. The van der Waals surface area contributed by atoms with Crippen LogP contribution in [0.1, 0.15) is 29.6 Å². The van der Waals surface area contributed by atoms with Gasteiger partial charge in [0.2, 0.25) is 0 Å². The molecule has 4 aromatic heterocycles. The van der Waals surface area contributed by atoms with E-state index < -0.39 is 0 Å². The van der Waals surface area contributed by atoms with E-state index in [2.05, 4.69) is 27.0 Å². The number of rotatable bonds is 5. The Morgan fingerprint density at radius 3 is 2.62 bits per heavy atom. The molecule has 0 unspecified atom stereocenters. The van der Waals surface area contributed by atoms with Crippen LogP contribution in [0.3, 0.4) is 0 Å². The molecule has 160 valence electrons. The minimum absolute atomic E-state index is 0.256. The van der Waals surface area contributed by atoms with Crippen LogP contribution < -0.4 is 0 Å². The summed E-state index contributed by atoms with van der Waals surface area (Å²) >= 11 is 0. The fourth-order valence-corrected chi connectivity index (χ4v) is 4.10. The SMILES string of the molecule is CCc1c(-c2ccc(F)cc2)nn(C)c1Cc1cc(-n2nc(C)c3ccncc32)ncn1. The normalized spacial score (nSPS) is 11.4. The average Bonchev–Trinajstić information content (AvgIpc) is 3.31. The quantitative estimate of drug-likeness (QED) is 0.420. The van der Waals surface area contributed by atoms with Crippen LogP contribution in [0.2, 0.25) is 0 Å². The maximum absolute atomic E-state index is 13.4. The van der Waals surface area contributed by atoms with Gasteiger partial charge in [0.25, 0.3) is 0 Å². The number of aryl methyl sites for hydroxylation is 2. The Labute approximate surface area is 184 Å². The van der Waals surface area contributed by atoms with Crippen molar-refractivity contribution in [3.63, 3.8) is 0 Å². The number of nitrogens with zero attached hydrogens (tertiary/aromatic N) is 7. The molecule has 0 saturated carbocycles. The number of benzene rings is 1. The molecule has 8 heteroatoms. The van der Waals surface area contributed by atoms with Crippen molar-refractivity contribution in [2.24, 2.45) is 7.05 Å². The molecule has 0 aliphatic rings. The Morgan fingerprint density at radius 1 is 1.03 bits per heavy atom. The molecule has 7 nitrogen and oxygen atoms in total. The highest BCUT2D eigenvalue weighted by Crippen LogP contribution is 2.28. The van der Waals surface area contributed by atoms with E-state index >= 15 is 0 Å². The lowest BCUT2D eigenvalue weighted by Crippen LogP contribution is -2.06. The second-order valence-corrected chi connectivity index (χ2v) is 7.69. The van der Waals surface area contributed by atoms with Crippen molar-refractivity contribution in [2.45, 2.75) is 26.7 Å². The molecule has 0 fully saturated rings. The van der Waals surface area contributed by atoms with Crippen molar-refractivity contribution in [1.82, 2.24) is 34.5 Å². The zero-order chi connectivity index (χ0) is 22.2. The summed E-state index contributed by atoms with van der Waals surface area (Å²) in [5.74, 6) is 0.438. The molecule has 5 aromatic rings. The van der Waals surface area contributed by atoms with Gasteiger partial charge in [-0.15, -0.1) is 0 Å². The summed E-state index contributed by atoms with van der Waals surface area (Å²) in [6.07, 6.45) is 6.53. The molecule has 5 rings (SSSR count). The van der Waals surface area contributed by atoms with Gasteiger partial charge in [-0.1, -0.05) is 6.92 Å². The molecule has 32 heavy (non-hydrogen) atoms. The van der Waals surface area contributed by atoms with Crippen molar-refractivity contribution in [1.29, 1.82) is 0 Å². The molecule has 4 heterocycles. The molecular weight excluding hydrogens is 405 g/mol. The lowest BCUT2D eigenvalue weighted by molar-refractivity contribution is 0.628. The van der Waals surface area contributed by atoms with E-state index in [9.17, 15) is 4.39 Å². The molecule has 0 saturated heterocycles. The van der Waals surface area contributed by atoms with Crippen LogP contribution >= 0.6 is 0 Å². The van der Waals surface area contributed by atoms with Gasteiger partial charge in [0.1, 0.15) is 12.1 Å². The van der Waals surface area contributed by atoms with E-state index in [-0.39, 0.29) is 5.82 Å². The third-order valence-electron chi connectivity index (χ3n) is 5.69. The van der Waals surface area contributed by atoms with Crippen molar-refractivity contribution >= 4 is 10.9 Å². The zero-order valence-corrected chi connectivity index (χ0v) is 18.1. The first-order valence-electron chi connectivity index (χ1n) is 10.5. The highest BCUT2D eigenvalue weighted by molar-refractivity contribution is 5.82. The van der Waals surface area contributed by atoms with Gasteiger partial charge < -0.3 is 0 Å². The average molecular weight is 427 g/mol. The maximum atomic E-state index is 13.4. The van der Waals surface area contributed by atoms with Gasteiger partial charge in [0.05, 0.1) is 28.8 Å². The lowest BCUT2D eigenvalue weighted by Gasteiger charge is -2.08. The van der Waals surface area contributed by atoms with Gasteiger partial charge in [0.15, 0.2) is 5.82 Å². The Balaban J connectivity index is 1.53. The molecule has 0 aliphatic heterocycles. The van der Waals surface area contributed by atoms with E-state index in [0.29, 0.717) is 12.2 Å². The second-order valence-electron chi connectivity index (χ2n) is 7.69. The van der Waals surface area contributed by atoms with Gasteiger partial charge in [-0.25, -0.2) is 19.0 Å². The summed E-state index contributed by atoms with van der Waals surface area (Å²) < 4.78 is 17.1. The monoisotopic (exact) mass is 427 g/mol. The summed E-state index contributed by atoms with van der Waals surface area (Å²) in [6, 6.07) is 10.4. The molecule has 0 atom stereocenters. The summed E-state index contributed by atoms with van der Waals surface area (Å²) in [5.41, 5.74) is 6.67. The molecule has 0 N–H and O–H groups in total. The minimum atomic E-state index is -0.256. The van der Waals surface area contributed by atoms with Gasteiger partial charge >= 0.3 is 0 Å². The number of hydrogen-bond donors (Lipinski definition) is 0. The number of hydrogen-bond acceptors (Lipinski definition) is 5. The van der Waals surface area contributed by atoms with E-state index in [4.69, 9.17) is 5.10 Å². The van der Waals surface area contributed by atoms with Gasteiger partial charge in [0, 0.05) is 47.9 Å². The molecule has 0 amide bonds. The molecule has 0 bridgehead atoms. The van der Waals surface area contributed by atoms with Gasteiger partial charge in [-0.05, 0) is 43.7 Å². The van der Waals surface area contributed by atoms with Crippen molar-refractivity contribution in [3.05, 3.63) is 83.6 Å². The summed E-state index contributed by atoms with van der Waals surface area (Å²) in [7, 11) is 1.93. The topological polar surface area (TPSA) is 74.3 Å².